The van der Waals surface area contributed by atoms with Crippen molar-refractivity contribution in [2.24, 2.45) is 17.3 Å². The van der Waals surface area contributed by atoms with Crippen molar-refractivity contribution < 1.29 is 9.59 Å². The topological polar surface area (TPSA) is 49.4 Å². The minimum atomic E-state index is -0.576. The van der Waals surface area contributed by atoms with Gasteiger partial charge in [-0.3, -0.25) is 9.59 Å². The van der Waals surface area contributed by atoms with Gasteiger partial charge in [0.2, 0.25) is 11.8 Å². The summed E-state index contributed by atoms with van der Waals surface area (Å²) in [7, 11) is 0. The third-order valence-corrected chi connectivity index (χ3v) is 6.77. The maximum absolute atomic E-state index is 13.3. The first-order valence-corrected chi connectivity index (χ1v) is 11.2. The van der Waals surface area contributed by atoms with E-state index < -0.39 is 5.41 Å². The molecular weight excluding hydrogens is 372 g/mol. The van der Waals surface area contributed by atoms with Crippen LogP contribution in [-0.4, -0.2) is 36.3 Å². The second-order valence-corrected chi connectivity index (χ2v) is 9.02. The van der Waals surface area contributed by atoms with Crippen LogP contribution in [-0.2, 0) is 16.0 Å². The van der Waals surface area contributed by atoms with Crippen LogP contribution < -0.4 is 5.32 Å². The van der Waals surface area contributed by atoms with E-state index in [9.17, 15) is 9.59 Å². The van der Waals surface area contributed by atoms with Gasteiger partial charge >= 0.3 is 0 Å². The Morgan fingerprint density at radius 2 is 1.80 bits per heavy atom. The average Bonchev–Trinajstić information content (AvgIpc) is 3.51. The van der Waals surface area contributed by atoms with Crippen molar-refractivity contribution in [3.63, 3.8) is 0 Å². The molecule has 0 radical (unpaired) electrons. The molecule has 0 aromatic heterocycles. The van der Waals surface area contributed by atoms with E-state index in [-0.39, 0.29) is 17.7 Å². The maximum atomic E-state index is 13.3. The van der Waals surface area contributed by atoms with E-state index in [4.69, 9.17) is 0 Å². The van der Waals surface area contributed by atoms with E-state index in [2.05, 4.69) is 42.6 Å². The first-order chi connectivity index (χ1) is 14.5. The number of hydrogen-bond donors (Lipinski definition) is 1. The number of likely N-dealkylation sites (tertiary alicyclic amines) is 1. The maximum Gasteiger partial charge on any atom is 0.228 e. The van der Waals surface area contributed by atoms with Gasteiger partial charge in [-0.1, -0.05) is 61.5 Å². The number of nitrogens with one attached hydrogen (secondary N) is 1. The number of amides is 2. The molecule has 2 fully saturated rings. The highest BCUT2D eigenvalue weighted by molar-refractivity contribution is 5.86. The largest absolute Gasteiger partial charge is 0.356 e. The lowest BCUT2D eigenvalue weighted by Crippen LogP contribution is -2.54. The summed E-state index contributed by atoms with van der Waals surface area (Å²) in [6.45, 7) is 5.99. The zero-order valence-electron chi connectivity index (χ0n) is 18.1. The minimum absolute atomic E-state index is 0.0780. The Hall–Kier alpha value is -2.62. The Kier molecular flexibility index (Phi) is 5.94. The molecule has 2 amide bonds. The molecule has 1 aliphatic heterocycles. The smallest absolute Gasteiger partial charge is 0.228 e. The quantitative estimate of drug-likeness (QED) is 0.780. The molecule has 1 aliphatic carbocycles. The average molecular weight is 405 g/mol. The second kappa shape index (κ2) is 8.63. The van der Waals surface area contributed by atoms with Crippen LogP contribution in [0.5, 0.6) is 0 Å². The lowest BCUT2D eigenvalue weighted by Gasteiger charge is -2.42. The summed E-state index contributed by atoms with van der Waals surface area (Å²) in [4.78, 5) is 28.3. The highest BCUT2D eigenvalue weighted by Gasteiger charge is 2.47. The van der Waals surface area contributed by atoms with Crippen LogP contribution in [0.15, 0.2) is 54.6 Å². The fraction of sp³-hybridized carbons (Fsp3) is 0.462. The summed E-state index contributed by atoms with van der Waals surface area (Å²) in [5, 5.41) is 3.07. The molecule has 1 heterocycles. The van der Waals surface area contributed by atoms with Crippen LogP contribution in [0.3, 0.4) is 0 Å². The summed E-state index contributed by atoms with van der Waals surface area (Å²) < 4.78 is 0. The van der Waals surface area contributed by atoms with Crippen LogP contribution >= 0.6 is 0 Å². The first-order valence-electron chi connectivity index (χ1n) is 11.2. The number of benzene rings is 2. The zero-order valence-corrected chi connectivity index (χ0v) is 18.1. The molecule has 2 aliphatic rings. The van der Waals surface area contributed by atoms with Crippen molar-refractivity contribution in [1.29, 1.82) is 0 Å². The predicted molar refractivity (Wildman–Crippen MR) is 120 cm³/mol. The summed E-state index contributed by atoms with van der Waals surface area (Å²) in [6.07, 6.45) is 3.32. The Balaban J connectivity index is 1.65. The van der Waals surface area contributed by atoms with Gasteiger partial charge < -0.3 is 10.2 Å². The molecule has 3 atom stereocenters. The summed E-state index contributed by atoms with van der Waals surface area (Å²) in [5.41, 5.74) is 2.92. The normalized spacial score (nSPS) is 25.6. The summed E-state index contributed by atoms with van der Waals surface area (Å²) >= 11 is 0. The third kappa shape index (κ3) is 4.14. The fourth-order valence-corrected chi connectivity index (χ4v) is 4.92. The molecule has 4 heteroatoms. The van der Waals surface area contributed by atoms with Gasteiger partial charge in [0.05, 0.1) is 5.41 Å². The molecular formula is C26H32N2O2. The molecule has 2 aromatic carbocycles. The number of rotatable bonds is 6. The predicted octanol–water partition coefficient (Wildman–Crippen LogP) is 4.30. The van der Waals surface area contributed by atoms with Crippen LogP contribution in [0.4, 0.5) is 0 Å². The van der Waals surface area contributed by atoms with E-state index in [1.54, 1.807) is 0 Å². The van der Waals surface area contributed by atoms with Gasteiger partial charge in [-0.05, 0) is 55.2 Å². The van der Waals surface area contributed by atoms with Gasteiger partial charge in [-0.25, -0.2) is 0 Å². The summed E-state index contributed by atoms with van der Waals surface area (Å²) in [5.74, 6) is 0.963. The highest BCUT2D eigenvalue weighted by atomic mass is 16.2. The monoisotopic (exact) mass is 404 g/mol. The molecule has 2 aromatic rings. The van der Waals surface area contributed by atoms with Crippen LogP contribution in [0.1, 0.15) is 38.7 Å². The van der Waals surface area contributed by atoms with Gasteiger partial charge in [-0.15, -0.1) is 0 Å². The van der Waals surface area contributed by atoms with E-state index in [0.717, 1.165) is 31.4 Å². The molecule has 30 heavy (non-hydrogen) atoms. The molecule has 1 saturated carbocycles. The third-order valence-electron chi connectivity index (χ3n) is 6.77. The SMILES string of the molecule is CCNC(=O)C1(Cc2ccccc2-c2ccccc2)CCCN(C(=O)C2CC2C)C1. The standard InChI is InChI=1S/C26H32N2O2/c1-3-27-25(30)26(14-9-15-28(18-26)24(29)23-16-19(23)2)17-21-12-7-8-13-22(21)20-10-5-4-6-11-20/h4-8,10-13,19,23H,3,9,14-18H2,1-2H3,(H,27,30). The number of carbonyl (C=O) groups excluding carboxylic acids is 2. The number of nitrogens with zero attached hydrogens (tertiary/aromatic N) is 1. The molecule has 0 spiro atoms. The number of carbonyl (C=O) groups is 2. The molecule has 4 nitrogen and oxygen atoms in total. The van der Waals surface area contributed by atoms with Gasteiger partial charge in [0.25, 0.3) is 0 Å². The molecule has 1 saturated heterocycles. The first kappa shape index (κ1) is 20.6. The molecule has 4 rings (SSSR count). The fourth-order valence-electron chi connectivity index (χ4n) is 4.92. The Labute approximate surface area is 179 Å². The number of piperidine rings is 1. The van der Waals surface area contributed by atoms with Gasteiger partial charge in [0, 0.05) is 25.6 Å². The molecule has 3 unspecified atom stereocenters. The van der Waals surface area contributed by atoms with Crippen molar-refractivity contribution in [3.05, 3.63) is 60.2 Å². The lowest BCUT2D eigenvalue weighted by atomic mass is 9.73. The van der Waals surface area contributed by atoms with Crippen molar-refractivity contribution in [2.75, 3.05) is 19.6 Å². The van der Waals surface area contributed by atoms with E-state index in [0.29, 0.717) is 25.4 Å². The van der Waals surface area contributed by atoms with Gasteiger partial charge in [-0.2, -0.15) is 0 Å². The minimum Gasteiger partial charge on any atom is -0.356 e. The Bertz CT molecular complexity index is 910. The van der Waals surface area contributed by atoms with Crippen molar-refractivity contribution in [2.45, 2.75) is 39.5 Å². The Morgan fingerprint density at radius 1 is 1.10 bits per heavy atom. The lowest BCUT2D eigenvalue weighted by molar-refractivity contribution is -0.142. The Morgan fingerprint density at radius 3 is 2.50 bits per heavy atom. The van der Waals surface area contributed by atoms with Crippen LogP contribution in [0.25, 0.3) is 11.1 Å². The van der Waals surface area contributed by atoms with Crippen molar-refractivity contribution >= 4 is 11.8 Å². The van der Waals surface area contributed by atoms with Crippen molar-refractivity contribution in [1.82, 2.24) is 10.2 Å². The zero-order chi connectivity index (χ0) is 21.1. The van der Waals surface area contributed by atoms with Crippen LogP contribution in [0.2, 0.25) is 0 Å². The molecule has 1 N–H and O–H groups in total. The molecule has 158 valence electrons. The summed E-state index contributed by atoms with van der Waals surface area (Å²) in [6, 6.07) is 18.7. The number of hydrogen-bond acceptors (Lipinski definition) is 2. The van der Waals surface area contributed by atoms with E-state index in [1.165, 1.54) is 11.1 Å². The van der Waals surface area contributed by atoms with Gasteiger partial charge in [0.1, 0.15) is 0 Å². The van der Waals surface area contributed by atoms with E-state index in [1.807, 2.05) is 36.1 Å². The highest BCUT2D eigenvalue weighted by Crippen LogP contribution is 2.42. The molecule has 0 bridgehead atoms. The van der Waals surface area contributed by atoms with Crippen LogP contribution in [0, 0.1) is 17.3 Å². The van der Waals surface area contributed by atoms with E-state index >= 15 is 0 Å². The van der Waals surface area contributed by atoms with Crippen molar-refractivity contribution in [3.8, 4) is 11.1 Å². The van der Waals surface area contributed by atoms with Gasteiger partial charge in [0.15, 0.2) is 0 Å². The second-order valence-electron chi connectivity index (χ2n) is 9.02.